The molecule has 2 nitrogen and oxygen atoms in total. The summed E-state index contributed by atoms with van der Waals surface area (Å²) in [5, 5.41) is 31.2. The van der Waals surface area contributed by atoms with Crippen molar-refractivity contribution >= 4 is 55.2 Å². The van der Waals surface area contributed by atoms with Crippen molar-refractivity contribution in [2.24, 2.45) is 11.8 Å². The summed E-state index contributed by atoms with van der Waals surface area (Å²) < 4.78 is 0. The van der Waals surface area contributed by atoms with E-state index in [0.717, 1.165) is 39.8 Å². The summed E-state index contributed by atoms with van der Waals surface area (Å²) in [5.41, 5.74) is 9.86. The monoisotopic (exact) mass is 834 g/mol. The van der Waals surface area contributed by atoms with Crippen molar-refractivity contribution in [1.29, 1.82) is 0 Å². The molecule has 0 saturated carbocycles. The van der Waals surface area contributed by atoms with E-state index < -0.39 is 5.41 Å². The Morgan fingerprint density at radius 2 is 1.11 bits per heavy atom. The van der Waals surface area contributed by atoms with Gasteiger partial charge in [-0.15, -0.1) is 0 Å². The van der Waals surface area contributed by atoms with Crippen molar-refractivity contribution in [2.75, 3.05) is 0 Å². The molecule has 0 fully saturated rings. The zero-order valence-corrected chi connectivity index (χ0v) is 37.9. The van der Waals surface area contributed by atoms with E-state index in [9.17, 15) is 10.2 Å². The molecule has 3 aliphatic carbocycles. The predicted molar refractivity (Wildman–Crippen MR) is 274 cm³/mol. The van der Waals surface area contributed by atoms with Gasteiger partial charge in [0.05, 0.1) is 5.41 Å². The molecule has 318 valence electrons. The van der Waals surface area contributed by atoms with Crippen molar-refractivity contribution in [3.05, 3.63) is 215 Å². The maximum absolute atomic E-state index is 10.0. The van der Waals surface area contributed by atoms with Crippen LogP contribution in [0.1, 0.15) is 93.7 Å². The van der Waals surface area contributed by atoms with Gasteiger partial charge in [0.15, 0.2) is 0 Å². The molecule has 0 aromatic heterocycles. The molecular weight excluding hydrogens is 777 g/mol. The Labute approximate surface area is 378 Å². The molecule has 9 aromatic rings. The number of hydrogen-bond donors (Lipinski definition) is 2. The zero-order valence-electron chi connectivity index (χ0n) is 37.9. The third-order valence-corrected chi connectivity index (χ3v) is 14.0. The number of allylic oxidation sites excluding steroid dienone is 3. The van der Waals surface area contributed by atoms with Gasteiger partial charge in [0, 0.05) is 5.92 Å². The van der Waals surface area contributed by atoms with E-state index in [4.69, 9.17) is 0 Å². The molecule has 0 aliphatic heterocycles. The van der Waals surface area contributed by atoms with E-state index in [1.54, 1.807) is 12.1 Å². The quantitative estimate of drug-likeness (QED) is 0.185. The summed E-state index contributed by atoms with van der Waals surface area (Å²) in [6.45, 7) is 13.1. The summed E-state index contributed by atoms with van der Waals surface area (Å²) in [4.78, 5) is 0. The molecule has 0 amide bonds. The minimum atomic E-state index is -0.495. The molecule has 2 atom stereocenters. The number of phenolic OH excluding ortho intramolecular Hbond substituents is 2. The van der Waals surface area contributed by atoms with Crippen LogP contribution in [-0.4, -0.2) is 10.2 Å². The Morgan fingerprint density at radius 3 is 1.66 bits per heavy atom. The molecule has 2 heteroatoms. The van der Waals surface area contributed by atoms with Crippen molar-refractivity contribution in [1.82, 2.24) is 0 Å². The van der Waals surface area contributed by atoms with Crippen LogP contribution in [0.4, 0.5) is 0 Å². The molecular formula is C62H58O2. The molecule has 2 unspecified atom stereocenters. The molecule has 0 spiro atoms. The third-order valence-electron chi connectivity index (χ3n) is 14.0. The van der Waals surface area contributed by atoms with Crippen LogP contribution in [0.15, 0.2) is 176 Å². The van der Waals surface area contributed by atoms with Gasteiger partial charge in [0.2, 0.25) is 0 Å². The molecule has 9 aromatic carbocycles. The summed E-state index contributed by atoms with van der Waals surface area (Å²) in [5.74, 6) is 2.87. The van der Waals surface area contributed by atoms with Crippen molar-refractivity contribution in [3.63, 3.8) is 0 Å². The Bertz CT molecular complexity index is 3150. The van der Waals surface area contributed by atoms with Crippen LogP contribution in [0.25, 0.3) is 66.4 Å². The summed E-state index contributed by atoms with van der Waals surface area (Å²) in [7, 11) is 0. The first-order chi connectivity index (χ1) is 31.3. The molecule has 0 heterocycles. The maximum Gasteiger partial charge on any atom is 0.116 e. The first kappa shape index (κ1) is 42.4. The highest BCUT2D eigenvalue weighted by atomic mass is 16.3. The average molecular weight is 835 g/mol. The van der Waals surface area contributed by atoms with E-state index in [0.29, 0.717) is 5.92 Å². The van der Waals surface area contributed by atoms with Crippen molar-refractivity contribution < 1.29 is 10.2 Å². The molecule has 3 aliphatic rings. The van der Waals surface area contributed by atoms with Gasteiger partial charge >= 0.3 is 0 Å². The largest absolute Gasteiger partial charge is 0.508 e. The second-order valence-corrected chi connectivity index (χ2v) is 17.7. The SMILES string of the molecule is C1=CC2CC=Cc3c2c(c2cccc4cccc3c42)=C1.CC.CCC(C)C(C)C.Oc1ccc2cc(C3(c4ccc5cc(O)ccc5c4)c4ccccc4-c4ccccc43)ccc2c1. The lowest BCUT2D eigenvalue weighted by Crippen LogP contribution is -2.28. The van der Waals surface area contributed by atoms with Gasteiger partial charge in [0.1, 0.15) is 11.5 Å². The lowest BCUT2D eigenvalue weighted by molar-refractivity contribution is 0.407. The Morgan fingerprint density at radius 1 is 0.578 bits per heavy atom. The lowest BCUT2D eigenvalue weighted by Gasteiger charge is -2.34. The van der Waals surface area contributed by atoms with Crippen LogP contribution >= 0.6 is 0 Å². The van der Waals surface area contributed by atoms with Gasteiger partial charge in [-0.3, -0.25) is 0 Å². The first-order valence-corrected chi connectivity index (χ1v) is 23.2. The Hall–Kier alpha value is -6.90. The van der Waals surface area contributed by atoms with Gasteiger partial charge in [-0.05, 0) is 147 Å². The Balaban J connectivity index is 0.000000150. The van der Waals surface area contributed by atoms with Crippen LogP contribution in [0.3, 0.4) is 0 Å². The van der Waals surface area contributed by atoms with Crippen molar-refractivity contribution in [2.45, 2.75) is 65.7 Å². The van der Waals surface area contributed by atoms with E-state index in [-0.39, 0.29) is 11.5 Å². The van der Waals surface area contributed by atoms with Gasteiger partial charge < -0.3 is 10.2 Å². The van der Waals surface area contributed by atoms with Gasteiger partial charge in [0.25, 0.3) is 0 Å². The zero-order chi connectivity index (χ0) is 44.5. The molecule has 64 heavy (non-hydrogen) atoms. The summed E-state index contributed by atoms with van der Waals surface area (Å²) in [6.07, 6.45) is 14.0. The van der Waals surface area contributed by atoms with Gasteiger partial charge in [-0.25, -0.2) is 0 Å². The first-order valence-electron chi connectivity index (χ1n) is 23.2. The number of rotatable bonds is 4. The molecule has 2 N–H and O–H groups in total. The fraction of sp³-hybridized carbons (Fsp3) is 0.194. The minimum absolute atomic E-state index is 0.273. The number of fused-ring (bicyclic) bond motifs is 7. The van der Waals surface area contributed by atoms with Crippen LogP contribution in [0, 0.1) is 11.8 Å². The van der Waals surface area contributed by atoms with Crippen LogP contribution < -0.4 is 5.22 Å². The topological polar surface area (TPSA) is 40.5 Å². The van der Waals surface area contributed by atoms with E-state index >= 15 is 0 Å². The van der Waals surface area contributed by atoms with E-state index in [1.165, 1.54) is 77.7 Å². The molecule has 0 bridgehead atoms. The standard InChI is InChI=1S/C33H22O2.C20H14.C7H16.C2H6/c34-27-15-11-21-17-25(13-9-23(21)19-27)33(26-14-10-24-20-28(35)16-12-22(24)18-26)31-7-3-1-5-29(31)30-6-2-4-8-32(30)33;1-5-13-6-2-11-17-18-12-4-8-14-7-3-10-16(20(14)18)15(9-1)19(13)17;1-5-7(4)6(2)3;1-2/h1-20,34-35H;1-7,9-12,14H,8H2;6-7H,5H2,1-4H3;1-2H3. The molecule has 0 radical (unpaired) electrons. The predicted octanol–water partition coefficient (Wildman–Crippen LogP) is 16.0. The van der Waals surface area contributed by atoms with Crippen LogP contribution in [0.5, 0.6) is 11.5 Å². The highest BCUT2D eigenvalue weighted by Gasteiger charge is 2.46. The summed E-state index contributed by atoms with van der Waals surface area (Å²) in [6, 6.07) is 54.9. The number of benzene rings is 9. The fourth-order valence-corrected chi connectivity index (χ4v) is 10.3. The highest BCUT2D eigenvalue weighted by Crippen LogP contribution is 2.56. The second-order valence-electron chi connectivity index (χ2n) is 17.7. The second kappa shape index (κ2) is 17.7. The van der Waals surface area contributed by atoms with Crippen LogP contribution in [-0.2, 0) is 5.41 Å². The number of phenols is 2. The average Bonchev–Trinajstić information content (AvgIpc) is 3.64. The van der Waals surface area contributed by atoms with Crippen molar-refractivity contribution in [3.8, 4) is 22.6 Å². The van der Waals surface area contributed by atoms with Crippen LogP contribution in [0.2, 0.25) is 0 Å². The van der Waals surface area contributed by atoms with Gasteiger partial charge in [-0.2, -0.15) is 0 Å². The number of hydrogen-bond acceptors (Lipinski definition) is 2. The Kier molecular flexibility index (Phi) is 11.7. The third kappa shape index (κ3) is 7.25. The normalized spacial score (nSPS) is 15.2. The minimum Gasteiger partial charge on any atom is -0.508 e. The fourth-order valence-electron chi connectivity index (χ4n) is 10.3. The lowest BCUT2D eigenvalue weighted by atomic mass is 9.67. The van der Waals surface area contributed by atoms with E-state index in [2.05, 4.69) is 179 Å². The highest BCUT2D eigenvalue weighted by molar-refractivity contribution is 6.14. The smallest absolute Gasteiger partial charge is 0.116 e. The molecule has 0 saturated heterocycles. The number of aromatic hydroxyl groups is 2. The molecule has 12 rings (SSSR count). The summed E-state index contributed by atoms with van der Waals surface area (Å²) >= 11 is 0. The maximum atomic E-state index is 10.0. The van der Waals surface area contributed by atoms with Gasteiger partial charge in [-0.1, -0.05) is 200 Å². The van der Waals surface area contributed by atoms with E-state index in [1.807, 2.05) is 38.1 Å².